The Balaban J connectivity index is 2.37. The number of carbonyl (C=O) groups is 1. The zero-order valence-electron chi connectivity index (χ0n) is 9.54. The van der Waals surface area contributed by atoms with Gasteiger partial charge in [-0.05, 0) is 24.6 Å². The molecule has 0 amide bonds. The van der Waals surface area contributed by atoms with Gasteiger partial charge in [0.2, 0.25) is 0 Å². The van der Waals surface area contributed by atoms with Crippen molar-refractivity contribution < 1.29 is 9.90 Å². The number of nitrogens with zero attached hydrogens (tertiary/aromatic N) is 2. The molecule has 0 unspecified atom stereocenters. The Bertz CT molecular complexity index is 563. The number of hydrogen-bond acceptors (Lipinski definition) is 3. The van der Waals surface area contributed by atoms with Crippen LogP contribution in [0.4, 0.5) is 0 Å². The highest BCUT2D eigenvalue weighted by Crippen LogP contribution is 2.30. The van der Waals surface area contributed by atoms with Gasteiger partial charge in [0, 0.05) is 18.1 Å². The lowest BCUT2D eigenvalue weighted by Crippen LogP contribution is -1.98. The smallest absolute Gasteiger partial charge is 0.336 e. The van der Waals surface area contributed by atoms with E-state index in [1.807, 2.05) is 26.2 Å². The number of aromatic nitrogens is 2. The average Bonchev–Trinajstić information content (AvgIpc) is 2.63. The molecule has 0 saturated carbocycles. The molecule has 0 saturated heterocycles. The summed E-state index contributed by atoms with van der Waals surface area (Å²) in [6, 6.07) is 5.31. The first-order valence-corrected chi connectivity index (χ1v) is 5.88. The Morgan fingerprint density at radius 2 is 2.24 bits per heavy atom. The predicted octanol–water partition coefficient (Wildman–Crippen LogP) is 2.58. The van der Waals surface area contributed by atoms with Crippen molar-refractivity contribution in [3.8, 4) is 0 Å². The van der Waals surface area contributed by atoms with Gasteiger partial charge in [-0.1, -0.05) is 17.8 Å². The minimum atomic E-state index is -0.906. The molecule has 0 aliphatic heterocycles. The first-order valence-electron chi connectivity index (χ1n) is 5.06. The molecule has 0 fully saturated rings. The van der Waals surface area contributed by atoms with Crippen LogP contribution in [0, 0.1) is 6.92 Å². The van der Waals surface area contributed by atoms with Crippen molar-refractivity contribution >= 4 is 17.7 Å². The molecule has 0 bridgehead atoms. The van der Waals surface area contributed by atoms with Crippen molar-refractivity contribution in [3.05, 3.63) is 41.7 Å². The molecule has 0 spiro atoms. The second-order valence-electron chi connectivity index (χ2n) is 3.76. The van der Waals surface area contributed by atoms with E-state index in [1.54, 1.807) is 23.0 Å². The fourth-order valence-corrected chi connectivity index (χ4v) is 2.54. The maximum atomic E-state index is 11.1. The number of aryl methyl sites for hydroxylation is 2. The van der Waals surface area contributed by atoms with E-state index in [-0.39, 0.29) is 0 Å². The van der Waals surface area contributed by atoms with Crippen LogP contribution in [-0.4, -0.2) is 20.9 Å². The topological polar surface area (TPSA) is 55.1 Å². The van der Waals surface area contributed by atoms with Gasteiger partial charge in [-0.15, -0.1) is 0 Å². The van der Waals surface area contributed by atoms with E-state index in [4.69, 9.17) is 5.11 Å². The lowest BCUT2D eigenvalue weighted by molar-refractivity contribution is 0.0693. The van der Waals surface area contributed by atoms with E-state index in [0.29, 0.717) is 5.56 Å². The van der Waals surface area contributed by atoms with Crippen molar-refractivity contribution in [3.63, 3.8) is 0 Å². The van der Waals surface area contributed by atoms with Crippen LogP contribution < -0.4 is 0 Å². The van der Waals surface area contributed by atoms with Crippen LogP contribution in [-0.2, 0) is 7.05 Å². The van der Waals surface area contributed by atoms with Crippen LogP contribution in [0.5, 0.6) is 0 Å². The normalized spacial score (nSPS) is 10.5. The largest absolute Gasteiger partial charge is 0.478 e. The summed E-state index contributed by atoms with van der Waals surface area (Å²) in [5.41, 5.74) is 1.37. The number of hydrogen-bond donors (Lipinski definition) is 1. The first-order chi connectivity index (χ1) is 8.06. The number of carboxylic acid groups (broad SMARTS) is 1. The van der Waals surface area contributed by atoms with Gasteiger partial charge in [0.05, 0.1) is 16.7 Å². The summed E-state index contributed by atoms with van der Waals surface area (Å²) in [5, 5.41) is 13.2. The molecular formula is C12H12N2O2S. The van der Waals surface area contributed by atoms with Gasteiger partial charge in [-0.2, -0.15) is 5.10 Å². The molecule has 1 aromatic heterocycles. The molecule has 88 valence electrons. The van der Waals surface area contributed by atoms with Crippen LogP contribution in [0.15, 0.2) is 40.4 Å². The summed E-state index contributed by atoms with van der Waals surface area (Å²) >= 11 is 1.41. The van der Waals surface area contributed by atoms with Gasteiger partial charge in [0.15, 0.2) is 0 Å². The van der Waals surface area contributed by atoms with Crippen LogP contribution >= 0.6 is 11.8 Å². The molecule has 4 nitrogen and oxygen atoms in total. The highest BCUT2D eigenvalue weighted by Gasteiger charge is 2.11. The van der Waals surface area contributed by atoms with Crippen LogP contribution in [0.3, 0.4) is 0 Å². The average molecular weight is 248 g/mol. The van der Waals surface area contributed by atoms with Crippen molar-refractivity contribution in [1.29, 1.82) is 0 Å². The molecule has 5 heteroatoms. The van der Waals surface area contributed by atoms with Gasteiger partial charge in [0.1, 0.15) is 0 Å². The fourth-order valence-electron chi connectivity index (χ4n) is 1.47. The lowest BCUT2D eigenvalue weighted by Gasteiger charge is -2.05. The SMILES string of the molecule is Cc1ccc(C(=O)O)c(Sc2cnn(C)c2)c1. The monoisotopic (exact) mass is 248 g/mol. The van der Waals surface area contributed by atoms with Gasteiger partial charge in [-0.25, -0.2) is 4.79 Å². The van der Waals surface area contributed by atoms with E-state index in [2.05, 4.69) is 5.10 Å². The molecule has 2 rings (SSSR count). The quantitative estimate of drug-likeness (QED) is 0.907. The third-order valence-corrected chi connectivity index (χ3v) is 3.28. The molecule has 1 N–H and O–H groups in total. The Morgan fingerprint density at radius 1 is 1.47 bits per heavy atom. The molecule has 0 radical (unpaired) electrons. The molecule has 1 heterocycles. The second kappa shape index (κ2) is 4.63. The first kappa shape index (κ1) is 11.7. The van der Waals surface area contributed by atoms with E-state index in [0.717, 1.165) is 15.4 Å². The molecule has 0 atom stereocenters. The van der Waals surface area contributed by atoms with E-state index in [1.165, 1.54) is 11.8 Å². The van der Waals surface area contributed by atoms with Gasteiger partial charge >= 0.3 is 5.97 Å². The Morgan fingerprint density at radius 3 is 2.82 bits per heavy atom. The van der Waals surface area contributed by atoms with Gasteiger partial charge in [0.25, 0.3) is 0 Å². The standard InChI is InChI=1S/C12H12N2O2S/c1-8-3-4-10(12(15)16)11(5-8)17-9-6-13-14(2)7-9/h3-7H,1-2H3,(H,15,16). The van der Waals surface area contributed by atoms with Crippen molar-refractivity contribution in [1.82, 2.24) is 9.78 Å². The Kier molecular flexibility index (Phi) is 3.19. The molecule has 17 heavy (non-hydrogen) atoms. The highest BCUT2D eigenvalue weighted by atomic mass is 32.2. The van der Waals surface area contributed by atoms with Crippen LogP contribution in [0.25, 0.3) is 0 Å². The molecule has 0 aliphatic rings. The molecular weight excluding hydrogens is 236 g/mol. The zero-order chi connectivity index (χ0) is 12.4. The minimum Gasteiger partial charge on any atom is -0.478 e. The highest BCUT2D eigenvalue weighted by molar-refractivity contribution is 7.99. The molecule has 1 aromatic carbocycles. The number of carboxylic acids is 1. The maximum absolute atomic E-state index is 11.1. The summed E-state index contributed by atoms with van der Waals surface area (Å²) in [6.45, 7) is 1.94. The molecule has 2 aromatic rings. The van der Waals surface area contributed by atoms with Crippen molar-refractivity contribution in [2.45, 2.75) is 16.7 Å². The van der Waals surface area contributed by atoms with Crippen LogP contribution in [0.2, 0.25) is 0 Å². The van der Waals surface area contributed by atoms with E-state index in [9.17, 15) is 4.79 Å². The summed E-state index contributed by atoms with van der Waals surface area (Å²) in [7, 11) is 1.83. The molecule has 0 aliphatic carbocycles. The minimum absolute atomic E-state index is 0.324. The van der Waals surface area contributed by atoms with Crippen molar-refractivity contribution in [2.75, 3.05) is 0 Å². The summed E-state index contributed by atoms with van der Waals surface area (Å²) < 4.78 is 1.69. The summed E-state index contributed by atoms with van der Waals surface area (Å²) in [5.74, 6) is -0.906. The van der Waals surface area contributed by atoms with E-state index < -0.39 is 5.97 Å². The third-order valence-electron chi connectivity index (χ3n) is 2.28. The number of rotatable bonds is 3. The Labute approximate surface area is 103 Å². The van der Waals surface area contributed by atoms with Crippen LogP contribution in [0.1, 0.15) is 15.9 Å². The summed E-state index contributed by atoms with van der Waals surface area (Å²) in [4.78, 5) is 12.8. The second-order valence-corrected chi connectivity index (χ2v) is 4.87. The fraction of sp³-hybridized carbons (Fsp3) is 0.167. The third kappa shape index (κ3) is 2.68. The van der Waals surface area contributed by atoms with Crippen molar-refractivity contribution in [2.24, 2.45) is 7.05 Å². The lowest BCUT2D eigenvalue weighted by atomic mass is 10.1. The number of aromatic carboxylic acids is 1. The van der Waals surface area contributed by atoms with Gasteiger partial charge < -0.3 is 5.11 Å². The Hall–Kier alpha value is -1.75. The van der Waals surface area contributed by atoms with Gasteiger partial charge in [-0.3, -0.25) is 4.68 Å². The van der Waals surface area contributed by atoms with E-state index >= 15 is 0 Å². The summed E-state index contributed by atoms with van der Waals surface area (Å²) in [6.07, 6.45) is 3.58. The predicted molar refractivity (Wildman–Crippen MR) is 65.5 cm³/mol. The zero-order valence-corrected chi connectivity index (χ0v) is 10.4. The number of benzene rings is 1. The maximum Gasteiger partial charge on any atom is 0.336 e.